The second kappa shape index (κ2) is 6.33. The molecule has 2 aromatic rings. The van der Waals surface area contributed by atoms with Gasteiger partial charge < -0.3 is 5.11 Å². The maximum Gasteiger partial charge on any atom is 0.337 e. The van der Waals surface area contributed by atoms with Crippen molar-refractivity contribution >= 4 is 29.3 Å². The van der Waals surface area contributed by atoms with E-state index in [0.717, 1.165) is 10.6 Å². The topological polar surface area (TPSA) is 55.1 Å². The van der Waals surface area contributed by atoms with Crippen molar-refractivity contribution < 1.29 is 9.90 Å². The highest BCUT2D eigenvalue weighted by Gasteiger charge is 2.10. The Bertz CT molecular complexity index is 625. The molecule has 20 heavy (non-hydrogen) atoms. The monoisotopic (exact) mass is 310 g/mol. The normalized spacial score (nSPS) is 11.0. The first-order valence-electron chi connectivity index (χ1n) is 6.17. The van der Waals surface area contributed by atoms with E-state index in [-0.39, 0.29) is 10.6 Å². The minimum absolute atomic E-state index is 0.129. The second-order valence-electron chi connectivity index (χ2n) is 4.62. The van der Waals surface area contributed by atoms with Gasteiger partial charge in [0, 0.05) is 22.9 Å². The van der Waals surface area contributed by atoms with Gasteiger partial charge in [-0.25, -0.2) is 4.79 Å². The predicted molar refractivity (Wildman–Crippen MR) is 80.6 cm³/mol. The van der Waals surface area contributed by atoms with E-state index in [1.165, 1.54) is 0 Å². The van der Waals surface area contributed by atoms with Crippen molar-refractivity contribution in [3.05, 3.63) is 46.7 Å². The molecule has 106 valence electrons. The maximum absolute atomic E-state index is 11.0. The molecule has 1 aromatic carbocycles. The fourth-order valence-corrected chi connectivity index (χ4v) is 2.69. The van der Waals surface area contributed by atoms with Crippen molar-refractivity contribution in [2.45, 2.75) is 30.5 Å². The summed E-state index contributed by atoms with van der Waals surface area (Å²) in [6.45, 7) is 4.14. The Labute approximate surface area is 126 Å². The van der Waals surface area contributed by atoms with Crippen LogP contribution in [0.4, 0.5) is 0 Å². The van der Waals surface area contributed by atoms with Crippen LogP contribution in [0.1, 0.15) is 35.9 Å². The Morgan fingerprint density at radius 1 is 1.45 bits per heavy atom. The molecule has 0 bridgehead atoms. The lowest BCUT2D eigenvalue weighted by atomic mass is 10.2. The van der Waals surface area contributed by atoms with Gasteiger partial charge in [-0.1, -0.05) is 11.6 Å². The molecular formula is C14H15ClN2O2S. The van der Waals surface area contributed by atoms with Crippen molar-refractivity contribution in [2.75, 3.05) is 0 Å². The van der Waals surface area contributed by atoms with E-state index in [2.05, 4.69) is 18.9 Å². The number of thioether (sulfide) groups is 1. The largest absolute Gasteiger partial charge is 0.478 e. The van der Waals surface area contributed by atoms with E-state index in [9.17, 15) is 4.79 Å². The number of halogens is 1. The SMILES string of the molecule is CC(C)n1ccc(CSc2ccc(Cl)c(C(=O)O)c2)n1. The van der Waals surface area contributed by atoms with E-state index in [1.54, 1.807) is 23.9 Å². The van der Waals surface area contributed by atoms with Gasteiger partial charge in [-0.3, -0.25) is 4.68 Å². The molecule has 6 heteroatoms. The molecular weight excluding hydrogens is 296 g/mol. The zero-order valence-corrected chi connectivity index (χ0v) is 12.8. The number of benzene rings is 1. The Kier molecular flexibility index (Phi) is 4.73. The molecule has 0 fully saturated rings. The van der Waals surface area contributed by atoms with Crippen LogP contribution in [0, 0.1) is 0 Å². The third kappa shape index (κ3) is 3.55. The van der Waals surface area contributed by atoms with Gasteiger partial charge in [0.1, 0.15) is 0 Å². The average Bonchev–Trinajstić information content (AvgIpc) is 2.86. The van der Waals surface area contributed by atoms with Gasteiger partial charge in [-0.15, -0.1) is 11.8 Å². The summed E-state index contributed by atoms with van der Waals surface area (Å²) in [5.74, 6) is -0.318. The van der Waals surface area contributed by atoms with Crippen LogP contribution in [-0.2, 0) is 5.75 Å². The third-order valence-corrected chi connectivity index (χ3v) is 4.10. The molecule has 0 aliphatic rings. The number of nitrogens with zero attached hydrogens (tertiary/aromatic N) is 2. The summed E-state index contributed by atoms with van der Waals surface area (Å²) in [6.07, 6.45) is 1.95. The number of aromatic nitrogens is 2. The first-order valence-corrected chi connectivity index (χ1v) is 7.53. The number of carboxylic acid groups (broad SMARTS) is 1. The van der Waals surface area contributed by atoms with E-state index < -0.39 is 5.97 Å². The van der Waals surface area contributed by atoms with E-state index in [1.807, 2.05) is 23.0 Å². The van der Waals surface area contributed by atoms with Crippen LogP contribution in [-0.4, -0.2) is 20.9 Å². The minimum atomic E-state index is -1.01. The van der Waals surface area contributed by atoms with Gasteiger partial charge in [-0.2, -0.15) is 5.10 Å². The molecule has 0 amide bonds. The lowest BCUT2D eigenvalue weighted by Crippen LogP contribution is -2.01. The summed E-state index contributed by atoms with van der Waals surface area (Å²) in [6, 6.07) is 7.33. The van der Waals surface area contributed by atoms with Gasteiger partial charge in [0.05, 0.1) is 16.3 Å². The van der Waals surface area contributed by atoms with Gasteiger partial charge >= 0.3 is 5.97 Å². The molecule has 1 aromatic heterocycles. The molecule has 0 spiro atoms. The number of aromatic carboxylic acids is 1. The van der Waals surface area contributed by atoms with Crippen LogP contribution in [0.25, 0.3) is 0 Å². The standard InChI is InChI=1S/C14H15ClN2O2S/c1-9(2)17-6-5-10(16-17)8-20-11-3-4-13(15)12(7-11)14(18)19/h3-7,9H,8H2,1-2H3,(H,18,19). The summed E-state index contributed by atoms with van der Waals surface area (Å²) in [4.78, 5) is 11.9. The quantitative estimate of drug-likeness (QED) is 0.844. The second-order valence-corrected chi connectivity index (χ2v) is 6.07. The Balaban J connectivity index is 2.06. The summed E-state index contributed by atoms with van der Waals surface area (Å²) in [7, 11) is 0. The lowest BCUT2D eigenvalue weighted by Gasteiger charge is -2.05. The number of rotatable bonds is 5. The van der Waals surface area contributed by atoms with Crippen LogP contribution < -0.4 is 0 Å². The summed E-state index contributed by atoms with van der Waals surface area (Å²) >= 11 is 7.38. The fourth-order valence-electron chi connectivity index (χ4n) is 1.66. The molecule has 0 atom stereocenters. The maximum atomic E-state index is 11.0. The Morgan fingerprint density at radius 3 is 2.80 bits per heavy atom. The zero-order chi connectivity index (χ0) is 14.7. The lowest BCUT2D eigenvalue weighted by molar-refractivity contribution is 0.0697. The molecule has 0 aliphatic heterocycles. The van der Waals surface area contributed by atoms with Crippen LogP contribution >= 0.6 is 23.4 Å². The van der Waals surface area contributed by atoms with Gasteiger partial charge in [0.15, 0.2) is 0 Å². The van der Waals surface area contributed by atoms with Gasteiger partial charge in [0.2, 0.25) is 0 Å². The van der Waals surface area contributed by atoms with Gasteiger partial charge in [-0.05, 0) is 38.1 Å². The zero-order valence-electron chi connectivity index (χ0n) is 11.2. The molecule has 4 nitrogen and oxygen atoms in total. The van der Waals surface area contributed by atoms with Crippen molar-refractivity contribution in [3.8, 4) is 0 Å². The van der Waals surface area contributed by atoms with Crippen LogP contribution in [0.3, 0.4) is 0 Å². The smallest absolute Gasteiger partial charge is 0.337 e. The van der Waals surface area contributed by atoms with E-state index in [0.29, 0.717) is 11.8 Å². The molecule has 0 aliphatic carbocycles. The van der Waals surface area contributed by atoms with E-state index in [4.69, 9.17) is 16.7 Å². The number of carboxylic acids is 1. The van der Waals surface area contributed by atoms with Crippen LogP contribution in [0.2, 0.25) is 5.02 Å². The average molecular weight is 311 g/mol. The third-order valence-electron chi connectivity index (χ3n) is 2.75. The highest BCUT2D eigenvalue weighted by atomic mass is 35.5. The molecule has 0 saturated carbocycles. The molecule has 0 unspecified atom stereocenters. The van der Waals surface area contributed by atoms with Crippen LogP contribution in [0.5, 0.6) is 0 Å². The van der Waals surface area contributed by atoms with Crippen molar-refractivity contribution in [2.24, 2.45) is 0 Å². The number of carbonyl (C=O) groups is 1. The fraction of sp³-hybridized carbons (Fsp3) is 0.286. The van der Waals surface area contributed by atoms with Gasteiger partial charge in [0.25, 0.3) is 0 Å². The molecule has 2 rings (SSSR count). The predicted octanol–water partition coefficient (Wildman–Crippen LogP) is 4.11. The molecule has 0 radical (unpaired) electrons. The van der Waals surface area contributed by atoms with Crippen molar-refractivity contribution in [3.63, 3.8) is 0 Å². The molecule has 1 heterocycles. The first kappa shape index (κ1) is 14.9. The first-order chi connectivity index (χ1) is 9.47. The van der Waals surface area contributed by atoms with Crippen LogP contribution in [0.15, 0.2) is 35.4 Å². The Morgan fingerprint density at radius 2 is 2.20 bits per heavy atom. The molecule has 1 N–H and O–H groups in total. The van der Waals surface area contributed by atoms with E-state index >= 15 is 0 Å². The highest BCUT2D eigenvalue weighted by Crippen LogP contribution is 2.27. The summed E-state index contributed by atoms with van der Waals surface area (Å²) < 4.78 is 1.90. The minimum Gasteiger partial charge on any atom is -0.478 e. The number of hydrogen-bond donors (Lipinski definition) is 1. The Hall–Kier alpha value is -1.46. The van der Waals surface area contributed by atoms with Crippen molar-refractivity contribution in [1.82, 2.24) is 9.78 Å². The summed E-state index contributed by atoms with van der Waals surface area (Å²) in [5.41, 5.74) is 1.10. The van der Waals surface area contributed by atoms with Crippen molar-refractivity contribution in [1.29, 1.82) is 0 Å². The number of hydrogen-bond acceptors (Lipinski definition) is 3. The molecule has 0 saturated heterocycles. The highest BCUT2D eigenvalue weighted by molar-refractivity contribution is 7.98. The summed E-state index contributed by atoms with van der Waals surface area (Å²) in [5, 5.41) is 13.7.